The predicted molar refractivity (Wildman–Crippen MR) is 124 cm³/mol. The number of rotatable bonds is 7. The third-order valence-corrected chi connectivity index (χ3v) is 6.48. The van der Waals surface area contributed by atoms with E-state index in [1.54, 1.807) is 10.9 Å². The third kappa shape index (κ3) is 4.56. The lowest BCUT2D eigenvalue weighted by atomic mass is 9.90. The standard InChI is InChI=1S/C22H33N9O/c1-3-8-31-20-19(14-24-31)27-22(26-17-13-23-29(2)15-17)28-21(20)25-16-4-6-18(7-5-16)30-9-11-32-12-10-30/h13-16,18H,3-12H2,1-2H3,(H2,25,26,27,28). The molecule has 10 heteroatoms. The summed E-state index contributed by atoms with van der Waals surface area (Å²) >= 11 is 0. The molecule has 0 bridgehead atoms. The lowest BCUT2D eigenvalue weighted by Crippen LogP contribution is -2.46. The van der Waals surface area contributed by atoms with Gasteiger partial charge in [0.1, 0.15) is 11.0 Å². The Balaban J connectivity index is 1.34. The van der Waals surface area contributed by atoms with Crippen LogP contribution in [0.4, 0.5) is 17.5 Å². The van der Waals surface area contributed by atoms with Crippen LogP contribution in [0.25, 0.3) is 11.0 Å². The molecule has 32 heavy (non-hydrogen) atoms. The summed E-state index contributed by atoms with van der Waals surface area (Å²) in [6.45, 7) is 6.87. The third-order valence-electron chi connectivity index (χ3n) is 6.48. The van der Waals surface area contributed by atoms with Crippen molar-refractivity contribution in [1.82, 2.24) is 34.4 Å². The zero-order valence-electron chi connectivity index (χ0n) is 19.0. The summed E-state index contributed by atoms with van der Waals surface area (Å²) < 4.78 is 9.30. The minimum atomic E-state index is 0.404. The Bertz CT molecular complexity index is 1030. The van der Waals surface area contributed by atoms with Gasteiger partial charge in [-0.3, -0.25) is 14.3 Å². The second-order valence-electron chi connectivity index (χ2n) is 8.82. The van der Waals surface area contributed by atoms with Gasteiger partial charge in [-0.2, -0.15) is 15.2 Å². The highest BCUT2D eigenvalue weighted by Gasteiger charge is 2.28. The number of aromatic nitrogens is 6. The highest BCUT2D eigenvalue weighted by Crippen LogP contribution is 2.29. The highest BCUT2D eigenvalue weighted by molar-refractivity contribution is 5.87. The Morgan fingerprint density at radius 2 is 1.88 bits per heavy atom. The molecular formula is C22H33N9O. The summed E-state index contributed by atoms with van der Waals surface area (Å²) in [6.07, 6.45) is 11.2. The summed E-state index contributed by atoms with van der Waals surface area (Å²) in [6, 6.07) is 1.08. The number of nitrogens with zero attached hydrogens (tertiary/aromatic N) is 7. The van der Waals surface area contributed by atoms with Crippen molar-refractivity contribution >= 4 is 28.5 Å². The van der Waals surface area contributed by atoms with Crippen LogP contribution in [0.15, 0.2) is 18.6 Å². The molecule has 2 fully saturated rings. The first-order chi connectivity index (χ1) is 15.7. The summed E-state index contributed by atoms with van der Waals surface area (Å²) in [5.74, 6) is 1.42. The van der Waals surface area contributed by atoms with Crippen LogP contribution in [0.2, 0.25) is 0 Å². The summed E-state index contributed by atoms with van der Waals surface area (Å²) in [5.41, 5.74) is 2.70. The Hall–Kier alpha value is -2.72. The van der Waals surface area contributed by atoms with Gasteiger partial charge in [0.05, 0.1) is 31.3 Å². The molecule has 2 aliphatic rings. The highest BCUT2D eigenvalue weighted by atomic mass is 16.5. The molecule has 0 amide bonds. The van der Waals surface area contributed by atoms with E-state index in [9.17, 15) is 0 Å². The van der Waals surface area contributed by atoms with Gasteiger partial charge in [-0.05, 0) is 32.1 Å². The molecule has 0 unspecified atom stereocenters. The van der Waals surface area contributed by atoms with E-state index < -0.39 is 0 Å². The molecule has 0 aromatic carbocycles. The molecule has 3 aromatic rings. The van der Waals surface area contributed by atoms with E-state index in [-0.39, 0.29) is 0 Å². The summed E-state index contributed by atoms with van der Waals surface area (Å²) in [5, 5.41) is 15.8. The smallest absolute Gasteiger partial charge is 0.230 e. The molecule has 1 aliphatic heterocycles. The average Bonchev–Trinajstić information content (AvgIpc) is 3.41. The van der Waals surface area contributed by atoms with E-state index in [4.69, 9.17) is 14.7 Å². The number of morpholine rings is 1. The topological polar surface area (TPSA) is 98.0 Å². The van der Waals surface area contributed by atoms with Crippen molar-refractivity contribution in [2.24, 2.45) is 7.05 Å². The fourth-order valence-electron chi connectivity index (χ4n) is 4.87. The van der Waals surface area contributed by atoms with Crippen molar-refractivity contribution in [3.05, 3.63) is 18.6 Å². The Labute approximate surface area is 188 Å². The molecule has 0 spiro atoms. The molecule has 1 saturated carbocycles. The largest absolute Gasteiger partial charge is 0.379 e. The van der Waals surface area contributed by atoms with Gasteiger partial charge in [-0.25, -0.2) is 4.98 Å². The molecule has 5 rings (SSSR count). The van der Waals surface area contributed by atoms with Crippen LogP contribution in [0.1, 0.15) is 39.0 Å². The fraction of sp³-hybridized carbons (Fsp3) is 0.636. The number of aryl methyl sites for hydroxylation is 2. The number of hydrogen-bond acceptors (Lipinski definition) is 8. The van der Waals surface area contributed by atoms with E-state index in [0.717, 1.165) is 74.6 Å². The van der Waals surface area contributed by atoms with Crippen LogP contribution in [0.3, 0.4) is 0 Å². The summed E-state index contributed by atoms with van der Waals surface area (Å²) in [7, 11) is 1.89. The minimum absolute atomic E-state index is 0.404. The van der Waals surface area contributed by atoms with Crippen LogP contribution < -0.4 is 10.6 Å². The molecule has 3 aromatic heterocycles. The van der Waals surface area contributed by atoms with Crippen LogP contribution in [0.5, 0.6) is 0 Å². The molecule has 4 heterocycles. The second kappa shape index (κ2) is 9.41. The number of anilines is 3. The minimum Gasteiger partial charge on any atom is -0.379 e. The van der Waals surface area contributed by atoms with Crippen molar-refractivity contribution in [1.29, 1.82) is 0 Å². The maximum atomic E-state index is 5.52. The summed E-state index contributed by atoms with van der Waals surface area (Å²) in [4.78, 5) is 12.2. The van der Waals surface area contributed by atoms with Crippen molar-refractivity contribution in [3.8, 4) is 0 Å². The number of ether oxygens (including phenoxy) is 1. The monoisotopic (exact) mass is 439 g/mol. The zero-order chi connectivity index (χ0) is 21.9. The van der Waals surface area contributed by atoms with Gasteiger partial charge in [-0.15, -0.1) is 0 Å². The van der Waals surface area contributed by atoms with Crippen molar-refractivity contribution in [3.63, 3.8) is 0 Å². The normalized spacial score (nSPS) is 22.3. The van der Waals surface area contributed by atoms with Crippen LogP contribution >= 0.6 is 0 Å². The maximum Gasteiger partial charge on any atom is 0.230 e. The van der Waals surface area contributed by atoms with Crippen LogP contribution in [-0.2, 0) is 18.3 Å². The number of hydrogen-bond donors (Lipinski definition) is 2. The molecule has 0 atom stereocenters. The molecular weight excluding hydrogens is 406 g/mol. The van der Waals surface area contributed by atoms with E-state index >= 15 is 0 Å². The van der Waals surface area contributed by atoms with Gasteiger partial charge < -0.3 is 15.4 Å². The first-order valence-corrected chi connectivity index (χ1v) is 11.8. The van der Waals surface area contributed by atoms with Crippen molar-refractivity contribution < 1.29 is 4.74 Å². The predicted octanol–water partition coefficient (Wildman–Crippen LogP) is 2.77. The first kappa shape index (κ1) is 21.1. The van der Waals surface area contributed by atoms with Gasteiger partial charge >= 0.3 is 0 Å². The SMILES string of the molecule is CCCn1ncc2nc(Nc3cnn(C)c3)nc(NC3CCC(N4CCOCC4)CC3)c21. The first-order valence-electron chi connectivity index (χ1n) is 11.8. The Kier molecular flexibility index (Phi) is 6.22. The van der Waals surface area contributed by atoms with Gasteiger partial charge in [0, 0.05) is 45.0 Å². The lowest BCUT2D eigenvalue weighted by Gasteiger charge is -2.39. The lowest BCUT2D eigenvalue weighted by molar-refractivity contribution is 0.00791. The second-order valence-corrected chi connectivity index (χ2v) is 8.82. The average molecular weight is 440 g/mol. The van der Waals surface area contributed by atoms with E-state index in [0.29, 0.717) is 18.0 Å². The van der Waals surface area contributed by atoms with E-state index in [1.165, 1.54) is 12.8 Å². The molecule has 0 radical (unpaired) electrons. The van der Waals surface area contributed by atoms with E-state index in [1.807, 2.05) is 24.1 Å². The zero-order valence-corrected chi connectivity index (χ0v) is 19.0. The Morgan fingerprint density at radius 1 is 1.06 bits per heavy atom. The Morgan fingerprint density at radius 3 is 2.59 bits per heavy atom. The fourth-order valence-corrected chi connectivity index (χ4v) is 4.87. The van der Waals surface area contributed by atoms with Crippen molar-refractivity contribution in [2.45, 2.75) is 57.7 Å². The van der Waals surface area contributed by atoms with Gasteiger partial charge in [0.15, 0.2) is 5.82 Å². The van der Waals surface area contributed by atoms with E-state index in [2.05, 4.69) is 32.7 Å². The quantitative estimate of drug-likeness (QED) is 0.580. The molecule has 172 valence electrons. The van der Waals surface area contributed by atoms with Gasteiger partial charge in [-0.1, -0.05) is 6.92 Å². The molecule has 10 nitrogen and oxygen atoms in total. The maximum absolute atomic E-state index is 5.52. The molecule has 1 saturated heterocycles. The number of nitrogens with one attached hydrogen (secondary N) is 2. The van der Waals surface area contributed by atoms with Gasteiger partial charge in [0.2, 0.25) is 5.95 Å². The van der Waals surface area contributed by atoms with Gasteiger partial charge in [0.25, 0.3) is 0 Å². The van der Waals surface area contributed by atoms with Crippen LogP contribution in [0, 0.1) is 0 Å². The molecule has 2 N–H and O–H groups in total. The van der Waals surface area contributed by atoms with Crippen LogP contribution in [-0.4, -0.2) is 72.8 Å². The number of fused-ring (bicyclic) bond motifs is 1. The molecule has 1 aliphatic carbocycles. The van der Waals surface area contributed by atoms with Crippen molar-refractivity contribution in [2.75, 3.05) is 36.9 Å².